The summed E-state index contributed by atoms with van der Waals surface area (Å²) < 4.78 is 5.03. The number of methoxy groups -OCH3 is 1. The molecule has 0 radical (unpaired) electrons. The van der Waals surface area contributed by atoms with E-state index >= 15 is 0 Å². The monoisotopic (exact) mass is 240 g/mol. The van der Waals surface area contributed by atoms with Crippen LogP contribution in [0.15, 0.2) is 0 Å². The van der Waals surface area contributed by atoms with E-state index in [1.165, 1.54) is 17.8 Å². The molecule has 0 amide bonds. The molecule has 1 atom stereocenters. The first kappa shape index (κ1) is 11.5. The number of anilines is 1. The minimum absolute atomic E-state index is 0.411. The average Bonchev–Trinajstić information content (AvgIpc) is 2.85. The van der Waals surface area contributed by atoms with Gasteiger partial charge in [-0.25, -0.2) is 4.98 Å². The first-order valence-electron chi connectivity index (χ1n) is 5.43. The minimum atomic E-state index is 0.411. The van der Waals surface area contributed by atoms with Crippen molar-refractivity contribution >= 4 is 22.8 Å². The lowest BCUT2D eigenvalue weighted by molar-refractivity contribution is 0.112. The summed E-state index contributed by atoms with van der Waals surface area (Å²) >= 11 is 1.47. The zero-order chi connectivity index (χ0) is 11.5. The third kappa shape index (κ3) is 2.25. The van der Waals surface area contributed by atoms with Crippen LogP contribution in [0.3, 0.4) is 0 Å². The van der Waals surface area contributed by atoms with Gasteiger partial charge in [-0.1, -0.05) is 18.3 Å². The van der Waals surface area contributed by atoms with Gasteiger partial charge >= 0.3 is 0 Å². The molecule has 88 valence electrons. The van der Waals surface area contributed by atoms with Crippen molar-refractivity contribution in [2.24, 2.45) is 5.92 Å². The van der Waals surface area contributed by atoms with Crippen molar-refractivity contribution < 1.29 is 9.53 Å². The molecule has 0 N–H and O–H groups in total. The fourth-order valence-electron chi connectivity index (χ4n) is 1.93. The van der Waals surface area contributed by atoms with Crippen molar-refractivity contribution in [3.63, 3.8) is 0 Å². The van der Waals surface area contributed by atoms with Crippen LogP contribution < -0.4 is 4.90 Å². The Balaban J connectivity index is 2.18. The van der Waals surface area contributed by atoms with E-state index in [1.807, 2.05) is 0 Å². The predicted molar refractivity (Wildman–Crippen MR) is 64.2 cm³/mol. The largest absolute Gasteiger partial charge is 0.378 e. The maximum Gasteiger partial charge on any atom is 0.186 e. The van der Waals surface area contributed by atoms with E-state index in [9.17, 15) is 4.79 Å². The van der Waals surface area contributed by atoms with Gasteiger partial charge in [0.2, 0.25) is 0 Å². The smallest absolute Gasteiger partial charge is 0.186 e. The average molecular weight is 240 g/mol. The molecular weight excluding hydrogens is 224 g/mol. The van der Waals surface area contributed by atoms with Gasteiger partial charge < -0.3 is 9.64 Å². The molecule has 0 aliphatic carbocycles. The van der Waals surface area contributed by atoms with Crippen LogP contribution in [-0.2, 0) is 11.3 Å². The van der Waals surface area contributed by atoms with Crippen LogP contribution in [-0.4, -0.2) is 31.5 Å². The highest BCUT2D eigenvalue weighted by molar-refractivity contribution is 7.17. The van der Waals surface area contributed by atoms with Crippen LogP contribution >= 0.6 is 11.3 Å². The van der Waals surface area contributed by atoms with E-state index in [4.69, 9.17) is 4.74 Å². The molecule has 1 aliphatic heterocycles. The number of thiazole rings is 1. The number of carbonyl (C=O) groups is 1. The summed E-state index contributed by atoms with van der Waals surface area (Å²) in [7, 11) is 1.62. The Hall–Kier alpha value is -0.940. The van der Waals surface area contributed by atoms with Gasteiger partial charge in [-0.3, -0.25) is 4.79 Å². The van der Waals surface area contributed by atoms with E-state index < -0.39 is 0 Å². The van der Waals surface area contributed by atoms with E-state index in [0.717, 1.165) is 36.1 Å². The lowest BCUT2D eigenvalue weighted by atomic mass is 10.2. The summed E-state index contributed by atoms with van der Waals surface area (Å²) in [6, 6.07) is 0. The van der Waals surface area contributed by atoms with E-state index in [2.05, 4.69) is 16.8 Å². The summed E-state index contributed by atoms with van der Waals surface area (Å²) in [6.07, 6.45) is 2.07. The number of hydrogen-bond acceptors (Lipinski definition) is 5. The standard InChI is InChI=1S/C11H16N2O2S/c1-8-3-4-13(5-8)11-12-9(7-15-2)10(6-14)16-11/h6,8H,3-5,7H2,1-2H3. The lowest BCUT2D eigenvalue weighted by Gasteiger charge is -2.13. The Morgan fingerprint density at radius 2 is 2.50 bits per heavy atom. The number of carbonyl (C=O) groups excluding carboxylic acids is 1. The van der Waals surface area contributed by atoms with Crippen molar-refractivity contribution in [1.82, 2.24) is 4.98 Å². The van der Waals surface area contributed by atoms with Gasteiger partial charge in [0.15, 0.2) is 11.4 Å². The van der Waals surface area contributed by atoms with Crippen molar-refractivity contribution in [1.29, 1.82) is 0 Å². The van der Waals surface area contributed by atoms with Gasteiger partial charge in [0, 0.05) is 20.2 Å². The fraction of sp³-hybridized carbons (Fsp3) is 0.636. The highest BCUT2D eigenvalue weighted by atomic mass is 32.1. The summed E-state index contributed by atoms with van der Waals surface area (Å²) in [5, 5.41) is 0.957. The van der Waals surface area contributed by atoms with E-state index in [1.54, 1.807) is 7.11 Å². The third-order valence-electron chi connectivity index (χ3n) is 2.80. The highest BCUT2D eigenvalue weighted by Crippen LogP contribution is 2.29. The number of ether oxygens (including phenoxy) is 1. The summed E-state index contributed by atoms with van der Waals surface area (Å²) in [5.41, 5.74) is 0.761. The molecule has 1 aromatic rings. The van der Waals surface area contributed by atoms with Gasteiger partial charge in [0.1, 0.15) is 0 Å². The normalized spacial score (nSPS) is 20.4. The topological polar surface area (TPSA) is 42.4 Å². The Kier molecular flexibility index (Phi) is 3.56. The van der Waals surface area contributed by atoms with Gasteiger partial charge in [-0.2, -0.15) is 0 Å². The number of rotatable bonds is 4. The van der Waals surface area contributed by atoms with Crippen LogP contribution in [0.25, 0.3) is 0 Å². The van der Waals surface area contributed by atoms with Crippen LogP contribution in [0.1, 0.15) is 28.7 Å². The first-order chi connectivity index (χ1) is 7.74. The zero-order valence-corrected chi connectivity index (χ0v) is 10.4. The molecule has 0 aromatic carbocycles. The van der Waals surface area contributed by atoms with Crippen LogP contribution in [0.2, 0.25) is 0 Å². The highest BCUT2D eigenvalue weighted by Gasteiger charge is 2.22. The van der Waals surface area contributed by atoms with Crippen molar-refractivity contribution in [3.8, 4) is 0 Å². The first-order valence-corrected chi connectivity index (χ1v) is 6.25. The molecular formula is C11H16N2O2S. The molecule has 0 bridgehead atoms. The van der Waals surface area contributed by atoms with Gasteiger partial charge in [-0.15, -0.1) is 0 Å². The molecule has 2 heterocycles. The molecule has 16 heavy (non-hydrogen) atoms. The fourth-order valence-corrected chi connectivity index (χ4v) is 2.84. The summed E-state index contributed by atoms with van der Waals surface area (Å²) in [6.45, 7) is 4.73. The number of aldehydes is 1. The van der Waals surface area contributed by atoms with Crippen molar-refractivity contribution in [3.05, 3.63) is 10.6 Å². The van der Waals surface area contributed by atoms with Crippen molar-refractivity contribution in [2.45, 2.75) is 20.0 Å². The Labute approximate surface area is 99.2 Å². The molecule has 1 aliphatic rings. The maximum atomic E-state index is 10.9. The van der Waals surface area contributed by atoms with Crippen molar-refractivity contribution in [2.75, 3.05) is 25.1 Å². The molecule has 4 nitrogen and oxygen atoms in total. The van der Waals surface area contributed by atoms with Gasteiger partial charge in [0.25, 0.3) is 0 Å². The molecule has 0 spiro atoms. The number of nitrogens with zero attached hydrogens (tertiary/aromatic N) is 2. The SMILES string of the molecule is COCc1nc(N2CCC(C)C2)sc1C=O. The molecule has 0 saturated carbocycles. The second kappa shape index (κ2) is 4.93. The van der Waals surface area contributed by atoms with Crippen LogP contribution in [0.4, 0.5) is 5.13 Å². The molecule has 5 heteroatoms. The quantitative estimate of drug-likeness (QED) is 0.754. The number of aromatic nitrogens is 1. The molecule has 1 unspecified atom stereocenters. The lowest BCUT2D eigenvalue weighted by Crippen LogP contribution is -2.18. The third-order valence-corrected chi connectivity index (χ3v) is 3.88. The Morgan fingerprint density at radius 1 is 1.69 bits per heavy atom. The summed E-state index contributed by atoms with van der Waals surface area (Å²) in [4.78, 5) is 18.3. The van der Waals surface area contributed by atoms with E-state index in [0.29, 0.717) is 11.5 Å². The Bertz CT molecular complexity index is 378. The Morgan fingerprint density at radius 3 is 3.06 bits per heavy atom. The second-order valence-electron chi connectivity index (χ2n) is 4.20. The minimum Gasteiger partial charge on any atom is -0.378 e. The maximum absolute atomic E-state index is 10.9. The molecule has 1 saturated heterocycles. The predicted octanol–water partition coefficient (Wildman–Crippen LogP) is 1.95. The molecule has 2 rings (SSSR count). The van der Waals surface area contributed by atoms with Gasteiger partial charge in [0.05, 0.1) is 17.2 Å². The second-order valence-corrected chi connectivity index (χ2v) is 5.21. The molecule has 1 aromatic heterocycles. The number of hydrogen-bond donors (Lipinski definition) is 0. The van der Waals surface area contributed by atoms with Crippen LogP contribution in [0, 0.1) is 5.92 Å². The summed E-state index contributed by atoms with van der Waals surface area (Å²) in [5.74, 6) is 0.717. The van der Waals surface area contributed by atoms with Crippen LogP contribution in [0.5, 0.6) is 0 Å². The van der Waals surface area contributed by atoms with E-state index in [-0.39, 0.29) is 0 Å². The van der Waals surface area contributed by atoms with Gasteiger partial charge in [-0.05, 0) is 12.3 Å². The zero-order valence-electron chi connectivity index (χ0n) is 9.60. The molecule has 1 fully saturated rings.